The van der Waals surface area contributed by atoms with Crippen molar-refractivity contribution in [3.63, 3.8) is 0 Å². The van der Waals surface area contributed by atoms with Crippen molar-refractivity contribution in [3.8, 4) is 44.8 Å². The Hall–Kier alpha value is -8.92. The van der Waals surface area contributed by atoms with Gasteiger partial charge < -0.3 is 14.0 Å². The summed E-state index contributed by atoms with van der Waals surface area (Å²) in [7, 11) is 0. The summed E-state index contributed by atoms with van der Waals surface area (Å²) in [6.07, 6.45) is 0. The van der Waals surface area contributed by atoms with Crippen LogP contribution in [0.1, 0.15) is 0 Å². The van der Waals surface area contributed by atoms with E-state index in [0.717, 1.165) is 34.0 Å². The highest BCUT2D eigenvalue weighted by Crippen LogP contribution is 2.44. The van der Waals surface area contributed by atoms with E-state index in [-0.39, 0.29) is 0 Å². The van der Waals surface area contributed by atoms with Gasteiger partial charge in [-0.05, 0) is 123 Å². The van der Waals surface area contributed by atoms with Crippen LogP contribution in [0.5, 0.6) is 0 Å². The number of rotatable bonds is 8. The van der Waals surface area contributed by atoms with E-state index in [1.807, 2.05) is 0 Å². The molecule has 13 aromatic rings. The molecule has 2 heterocycles. The maximum Gasteiger partial charge on any atom is 0.0702 e. The van der Waals surface area contributed by atoms with E-state index in [9.17, 15) is 0 Å². The molecular formula is C64H43N3. The monoisotopic (exact) mass is 853 g/mol. The van der Waals surface area contributed by atoms with E-state index < -0.39 is 0 Å². The summed E-state index contributed by atoms with van der Waals surface area (Å²) in [5.74, 6) is 0. The van der Waals surface area contributed by atoms with Gasteiger partial charge in [-0.2, -0.15) is 0 Å². The van der Waals surface area contributed by atoms with Crippen LogP contribution in [0.25, 0.3) is 99.1 Å². The second-order valence-corrected chi connectivity index (χ2v) is 17.3. The van der Waals surface area contributed by atoms with Crippen molar-refractivity contribution < 1.29 is 0 Å². The minimum atomic E-state index is 1.07. The molecule has 0 saturated carbocycles. The Morgan fingerprint density at radius 2 is 0.776 bits per heavy atom. The quantitative estimate of drug-likeness (QED) is 0.148. The van der Waals surface area contributed by atoms with Gasteiger partial charge in [0.15, 0.2) is 0 Å². The zero-order chi connectivity index (χ0) is 44.3. The number of aromatic nitrogens is 2. The van der Waals surface area contributed by atoms with Crippen LogP contribution in [0.2, 0.25) is 0 Å². The van der Waals surface area contributed by atoms with Crippen LogP contribution in [0.15, 0.2) is 261 Å². The number of hydrogen-bond acceptors (Lipinski definition) is 1. The predicted molar refractivity (Wildman–Crippen MR) is 284 cm³/mol. The van der Waals surface area contributed by atoms with Gasteiger partial charge in [0.2, 0.25) is 0 Å². The maximum absolute atomic E-state index is 2.43. The molecule has 314 valence electrons. The van der Waals surface area contributed by atoms with Crippen LogP contribution in [0.3, 0.4) is 0 Å². The molecule has 0 spiro atoms. The Morgan fingerprint density at radius 3 is 1.46 bits per heavy atom. The third kappa shape index (κ3) is 6.43. The predicted octanol–water partition coefficient (Wildman–Crippen LogP) is 17.5. The van der Waals surface area contributed by atoms with Gasteiger partial charge in [-0.1, -0.05) is 182 Å². The van der Waals surface area contributed by atoms with Crippen molar-refractivity contribution in [3.05, 3.63) is 261 Å². The number of anilines is 3. The molecule has 0 atom stereocenters. The summed E-state index contributed by atoms with van der Waals surface area (Å²) >= 11 is 0. The van der Waals surface area contributed by atoms with Crippen LogP contribution < -0.4 is 4.90 Å². The molecule has 0 aliphatic heterocycles. The van der Waals surface area contributed by atoms with Gasteiger partial charge in [-0.25, -0.2) is 0 Å². The van der Waals surface area contributed by atoms with Crippen molar-refractivity contribution in [1.29, 1.82) is 0 Å². The van der Waals surface area contributed by atoms with Crippen LogP contribution in [-0.2, 0) is 0 Å². The third-order valence-electron chi connectivity index (χ3n) is 13.5. The van der Waals surface area contributed by atoms with E-state index in [1.54, 1.807) is 0 Å². The molecule has 0 saturated heterocycles. The van der Waals surface area contributed by atoms with Crippen molar-refractivity contribution in [2.45, 2.75) is 0 Å². The van der Waals surface area contributed by atoms with E-state index in [0.29, 0.717) is 0 Å². The normalized spacial score (nSPS) is 11.6. The molecule has 13 rings (SSSR count). The Balaban J connectivity index is 0.996. The lowest BCUT2D eigenvalue weighted by atomic mass is 9.91. The first-order valence-corrected chi connectivity index (χ1v) is 23.0. The van der Waals surface area contributed by atoms with Gasteiger partial charge in [0.25, 0.3) is 0 Å². The molecule has 0 radical (unpaired) electrons. The van der Waals surface area contributed by atoms with Gasteiger partial charge in [-0.15, -0.1) is 0 Å². The Bertz CT molecular complexity index is 3910. The second kappa shape index (κ2) is 16.0. The zero-order valence-electron chi connectivity index (χ0n) is 36.7. The molecular weight excluding hydrogens is 811 g/mol. The molecule has 0 unspecified atom stereocenters. The van der Waals surface area contributed by atoms with Crippen LogP contribution >= 0.6 is 0 Å². The molecule has 3 nitrogen and oxygen atoms in total. The second-order valence-electron chi connectivity index (χ2n) is 17.3. The fraction of sp³-hybridized carbons (Fsp3) is 0. The van der Waals surface area contributed by atoms with E-state index in [1.165, 1.54) is 82.2 Å². The van der Waals surface area contributed by atoms with Crippen molar-refractivity contribution >= 4 is 71.4 Å². The van der Waals surface area contributed by atoms with Crippen molar-refractivity contribution in [2.24, 2.45) is 0 Å². The molecule has 67 heavy (non-hydrogen) atoms. The lowest BCUT2D eigenvalue weighted by Gasteiger charge is -2.29. The molecule has 0 fully saturated rings. The average molecular weight is 854 g/mol. The van der Waals surface area contributed by atoms with E-state index in [2.05, 4.69) is 275 Å². The first-order valence-electron chi connectivity index (χ1n) is 23.0. The van der Waals surface area contributed by atoms with Crippen LogP contribution in [0.4, 0.5) is 17.1 Å². The lowest BCUT2D eigenvalue weighted by Crippen LogP contribution is -2.13. The highest BCUT2D eigenvalue weighted by atomic mass is 15.2. The molecule has 0 bridgehead atoms. The highest BCUT2D eigenvalue weighted by molar-refractivity contribution is 6.12. The minimum Gasteiger partial charge on any atom is -0.309 e. The zero-order valence-corrected chi connectivity index (χ0v) is 36.7. The Morgan fingerprint density at radius 1 is 0.284 bits per heavy atom. The summed E-state index contributed by atoms with van der Waals surface area (Å²) in [5, 5.41) is 7.43. The number of benzene rings is 11. The molecule has 2 aromatic heterocycles. The van der Waals surface area contributed by atoms with Gasteiger partial charge in [-0.3, -0.25) is 0 Å². The van der Waals surface area contributed by atoms with Crippen LogP contribution in [0, 0.1) is 0 Å². The molecule has 11 aromatic carbocycles. The smallest absolute Gasteiger partial charge is 0.0702 e. The van der Waals surface area contributed by atoms with Crippen molar-refractivity contribution in [2.75, 3.05) is 4.90 Å². The maximum atomic E-state index is 2.43. The Labute approximate surface area is 389 Å². The standard InChI is InChI=1S/C64H43N3/c1-3-18-44(19-4-1)52-29-16-20-46-21-17-30-53(64(46)52)45-36-39-50(40-37-45)65(62-34-13-14-35-63(62)67-59-32-11-7-26-54(59)55-27-8-12-33-60(55)67)51-25-15-22-47(42-51)48-38-41-61-57(43-48)56-28-9-10-31-58(56)66(61)49-23-5-2-6-24-49/h1-43H. The molecule has 0 amide bonds. The molecule has 0 N–H and O–H groups in total. The summed E-state index contributed by atoms with van der Waals surface area (Å²) in [5.41, 5.74) is 17.4. The SMILES string of the molecule is c1ccc(-c2cccc3cccc(-c4ccc(N(c5cccc(-c6ccc7c(c6)c6ccccc6n7-c6ccccc6)c5)c5ccccc5-n5c6ccccc6c6ccccc65)cc4)c23)cc1. The average Bonchev–Trinajstić information content (AvgIpc) is 3.92. The number of hydrogen-bond donors (Lipinski definition) is 0. The number of nitrogens with zero attached hydrogens (tertiary/aromatic N) is 3. The van der Waals surface area contributed by atoms with E-state index in [4.69, 9.17) is 0 Å². The van der Waals surface area contributed by atoms with Gasteiger partial charge >= 0.3 is 0 Å². The highest BCUT2D eigenvalue weighted by Gasteiger charge is 2.22. The molecule has 0 aliphatic carbocycles. The fourth-order valence-corrected chi connectivity index (χ4v) is 10.5. The largest absolute Gasteiger partial charge is 0.309 e. The summed E-state index contributed by atoms with van der Waals surface area (Å²) < 4.78 is 4.81. The van der Waals surface area contributed by atoms with Gasteiger partial charge in [0.1, 0.15) is 0 Å². The summed E-state index contributed by atoms with van der Waals surface area (Å²) in [4.78, 5) is 2.43. The molecule has 3 heteroatoms. The number of fused-ring (bicyclic) bond motifs is 7. The topological polar surface area (TPSA) is 13.1 Å². The first-order chi connectivity index (χ1) is 33.3. The summed E-state index contributed by atoms with van der Waals surface area (Å²) in [6, 6.07) is 95.0. The van der Waals surface area contributed by atoms with Crippen LogP contribution in [-0.4, -0.2) is 9.13 Å². The third-order valence-corrected chi connectivity index (χ3v) is 13.5. The number of para-hydroxylation sites is 6. The summed E-state index contributed by atoms with van der Waals surface area (Å²) in [6.45, 7) is 0. The Kier molecular flexibility index (Phi) is 9.17. The molecule has 0 aliphatic rings. The minimum absolute atomic E-state index is 1.07. The van der Waals surface area contributed by atoms with E-state index >= 15 is 0 Å². The lowest BCUT2D eigenvalue weighted by molar-refractivity contribution is 1.15. The fourth-order valence-electron chi connectivity index (χ4n) is 10.5. The van der Waals surface area contributed by atoms with Gasteiger partial charge in [0.05, 0.1) is 33.4 Å². The van der Waals surface area contributed by atoms with Gasteiger partial charge in [0, 0.05) is 38.6 Å². The first kappa shape index (κ1) is 38.5. The van der Waals surface area contributed by atoms with Crippen molar-refractivity contribution in [1.82, 2.24) is 9.13 Å².